The Kier molecular flexibility index (Phi) is 13.8. The summed E-state index contributed by atoms with van der Waals surface area (Å²) in [5, 5.41) is 7.89. The van der Waals surface area contributed by atoms with E-state index >= 15 is 4.39 Å². The van der Waals surface area contributed by atoms with Gasteiger partial charge in [0, 0.05) is 41.7 Å². The molecule has 2 aromatic carbocycles. The van der Waals surface area contributed by atoms with Crippen molar-refractivity contribution in [2.45, 2.75) is 59.3 Å². The summed E-state index contributed by atoms with van der Waals surface area (Å²) < 4.78 is 49.9. The second-order valence-electron chi connectivity index (χ2n) is 10.6. The molecule has 4 aromatic rings. The Balaban J connectivity index is 1.80. The second-order valence-corrected chi connectivity index (χ2v) is 10.6. The monoisotopic (exact) mass is 708 g/mol. The molecule has 0 saturated carbocycles. The number of benzene rings is 2. The Labute approximate surface area is 294 Å². The van der Waals surface area contributed by atoms with Gasteiger partial charge < -0.3 is 39.5 Å². The van der Waals surface area contributed by atoms with Crippen LogP contribution in [0.5, 0.6) is 17.5 Å². The Bertz CT molecular complexity index is 1770. The first kappa shape index (κ1) is 37.8. The number of halogens is 1. The fraction of sp³-hybridized carbons (Fsp3) is 0.382. The molecular weight excluding hydrogens is 667 g/mol. The van der Waals surface area contributed by atoms with Gasteiger partial charge >= 0.3 is 18.3 Å². The molecule has 17 heteroatoms. The fourth-order valence-electron chi connectivity index (χ4n) is 4.43. The normalized spacial score (nSPS) is 12.4. The zero-order valence-electron chi connectivity index (χ0n) is 29.0. The van der Waals surface area contributed by atoms with Gasteiger partial charge in [-0.2, -0.15) is 9.98 Å². The average Bonchev–Trinajstić information content (AvgIpc) is 3.56. The van der Waals surface area contributed by atoms with Crippen molar-refractivity contribution in [3.63, 3.8) is 0 Å². The Morgan fingerprint density at radius 1 is 1.02 bits per heavy atom. The van der Waals surface area contributed by atoms with Crippen LogP contribution in [0.4, 0.5) is 19.7 Å². The van der Waals surface area contributed by atoms with Gasteiger partial charge in [0.1, 0.15) is 17.6 Å². The van der Waals surface area contributed by atoms with Crippen molar-refractivity contribution in [1.29, 1.82) is 0 Å². The van der Waals surface area contributed by atoms with Crippen LogP contribution in [0.3, 0.4) is 0 Å². The van der Waals surface area contributed by atoms with Crippen LogP contribution >= 0.6 is 0 Å². The summed E-state index contributed by atoms with van der Waals surface area (Å²) in [6.45, 7) is 7.75. The van der Waals surface area contributed by atoms with Crippen LogP contribution in [-0.4, -0.2) is 76.0 Å². The van der Waals surface area contributed by atoms with Crippen LogP contribution in [0, 0.1) is 5.82 Å². The molecule has 0 aliphatic rings. The standard InChI is InChI=1S/C34H41FN8O8/c1-6-17-48-33(44)40-29(36)21-11-13-22(14-12-21)39-28(24-19-23(46-5)20-25(27(24)35)47-9-4)30-41-32(43(42-30)31-37-15-10-16-38-31)50-26(8-3)51-34(45)49-18-7-2/h10-16,19-20,26,28,39H,6-9,17-18H2,1-5H3,(H2,36,40,44)/t26-,28?/m1/s1. The number of methoxy groups -OCH3 is 1. The molecule has 1 amide bonds. The largest absolute Gasteiger partial charge is 0.511 e. The topological polar surface area (TPSA) is 196 Å². The highest BCUT2D eigenvalue weighted by atomic mass is 19.1. The van der Waals surface area contributed by atoms with Gasteiger partial charge in [0.05, 0.1) is 26.9 Å². The highest BCUT2D eigenvalue weighted by Gasteiger charge is 2.30. The summed E-state index contributed by atoms with van der Waals surface area (Å²) >= 11 is 0. The van der Waals surface area contributed by atoms with Crippen molar-refractivity contribution in [1.82, 2.24) is 24.7 Å². The molecule has 4 rings (SSSR count). The SMILES string of the molecule is CCCOC(=O)N=C(N)c1ccc(NC(c2nc(O[C@@H](CC)OC(=O)OCCC)n(-c3ncccn3)n2)c2cc(OC)cc(OCC)c2F)cc1. The number of nitrogens with one attached hydrogen (secondary N) is 1. The van der Waals surface area contributed by atoms with E-state index in [2.05, 4.69) is 30.4 Å². The summed E-state index contributed by atoms with van der Waals surface area (Å²) in [7, 11) is 1.44. The molecule has 0 fully saturated rings. The highest BCUT2D eigenvalue weighted by molar-refractivity contribution is 6.02. The van der Waals surface area contributed by atoms with E-state index < -0.39 is 30.4 Å². The Morgan fingerprint density at radius 3 is 2.37 bits per heavy atom. The van der Waals surface area contributed by atoms with E-state index in [1.165, 1.54) is 36.3 Å². The number of anilines is 1. The van der Waals surface area contributed by atoms with Crippen molar-refractivity contribution >= 4 is 23.8 Å². The number of rotatable bonds is 17. The summed E-state index contributed by atoms with van der Waals surface area (Å²) in [5.41, 5.74) is 7.03. The molecule has 0 saturated heterocycles. The van der Waals surface area contributed by atoms with Crippen molar-refractivity contribution in [2.24, 2.45) is 10.7 Å². The molecule has 0 aliphatic carbocycles. The molecule has 1 unspecified atom stereocenters. The number of amidine groups is 1. The molecular formula is C34H41FN8O8. The van der Waals surface area contributed by atoms with Crippen LogP contribution < -0.4 is 25.3 Å². The molecule has 3 N–H and O–H groups in total. The van der Waals surface area contributed by atoms with Crippen LogP contribution in [-0.2, 0) is 14.2 Å². The zero-order valence-corrected chi connectivity index (χ0v) is 29.0. The number of aliphatic imine (C=N–C) groups is 1. The van der Waals surface area contributed by atoms with Crippen molar-refractivity contribution in [3.8, 4) is 23.5 Å². The van der Waals surface area contributed by atoms with Crippen molar-refractivity contribution < 1.29 is 42.4 Å². The quantitative estimate of drug-likeness (QED) is 0.0583. The van der Waals surface area contributed by atoms with E-state index in [-0.39, 0.29) is 61.2 Å². The number of aromatic nitrogens is 5. The summed E-state index contributed by atoms with van der Waals surface area (Å²) in [6, 6.07) is 9.82. The number of carbonyl (C=O) groups excluding carboxylic acids is 2. The highest BCUT2D eigenvalue weighted by Crippen LogP contribution is 2.36. The van der Waals surface area contributed by atoms with E-state index in [0.29, 0.717) is 29.8 Å². The van der Waals surface area contributed by atoms with Gasteiger partial charge in [-0.25, -0.2) is 23.9 Å². The summed E-state index contributed by atoms with van der Waals surface area (Å²) in [5.74, 6) is -0.401. The number of nitrogens with zero attached hydrogens (tertiary/aromatic N) is 6. The van der Waals surface area contributed by atoms with Gasteiger partial charge in [-0.3, -0.25) is 0 Å². The molecule has 2 heterocycles. The maximum atomic E-state index is 16.2. The van der Waals surface area contributed by atoms with Gasteiger partial charge in [-0.05, 0) is 56.2 Å². The maximum absolute atomic E-state index is 16.2. The first-order valence-electron chi connectivity index (χ1n) is 16.3. The predicted octanol–water partition coefficient (Wildman–Crippen LogP) is 5.74. The third kappa shape index (κ3) is 10.3. The summed E-state index contributed by atoms with van der Waals surface area (Å²) in [4.78, 5) is 41.1. The lowest BCUT2D eigenvalue weighted by atomic mass is 10.0. The van der Waals surface area contributed by atoms with Gasteiger partial charge in [0.15, 0.2) is 17.4 Å². The number of nitrogens with two attached hydrogens (primary N) is 1. The number of amides is 1. The van der Waals surface area contributed by atoms with Crippen LogP contribution in [0.1, 0.15) is 70.0 Å². The first-order chi connectivity index (χ1) is 24.7. The predicted molar refractivity (Wildman–Crippen MR) is 183 cm³/mol. The first-order valence-corrected chi connectivity index (χ1v) is 16.3. The smallest absolute Gasteiger partial charge is 0.497 e. The molecule has 0 radical (unpaired) electrons. The molecule has 2 aromatic heterocycles. The maximum Gasteiger partial charge on any atom is 0.511 e. The number of ether oxygens (including phenoxy) is 6. The van der Waals surface area contributed by atoms with Crippen LogP contribution in [0.25, 0.3) is 5.95 Å². The minimum absolute atomic E-state index is 0.0132. The molecule has 0 aliphatic heterocycles. The lowest BCUT2D eigenvalue weighted by Crippen LogP contribution is -2.25. The van der Waals surface area contributed by atoms with Gasteiger partial charge in [0.25, 0.3) is 12.2 Å². The fourth-order valence-corrected chi connectivity index (χ4v) is 4.43. The minimum Gasteiger partial charge on any atom is -0.497 e. The average molecular weight is 709 g/mol. The minimum atomic E-state index is -1.13. The molecule has 0 spiro atoms. The zero-order chi connectivity index (χ0) is 36.8. The second kappa shape index (κ2) is 18.7. The van der Waals surface area contributed by atoms with E-state index in [0.717, 1.165) is 0 Å². The Hall–Kier alpha value is -6.00. The third-order valence-electron chi connectivity index (χ3n) is 6.84. The van der Waals surface area contributed by atoms with Crippen molar-refractivity contribution in [3.05, 3.63) is 77.6 Å². The lowest BCUT2D eigenvalue weighted by Gasteiger charge is -2.21. The molecule has 272 valence electrons. The van der Waals surface area contributed by atoms with E-state index in [9.17, 15) is 9.59 Å². The van der Waals surface area contributed by atoms with Gasteiger partial charge in [-0.1, -0.05) is 20.8 Å². The molecule has 51 heavy (non-hydrogen) atoms. The number of carbonyl (C=O) groups is 2. The van der Waals surface area contributed by atoms with Crippen LogP contribution in [0.15, 0.2) is 59.9 Å². The van der Waals surface area contributed by atoms with E-state index in [4.69, 9.17) is 34.2 Å². The number of hydrogen-bond donors (Lipinski definition) is 2. The molecule has 0 bridgehead atoms. The Morgan fingerprint density at radius 2 is 1.73 bits per heavy atom. The van der Waals surface area contributed by atoms with E-state index in [1.54, 1.807) is 44.2 Å². The third-order valence-corrected chi connectivity index (χ3v) is 6.84. The summed E-state index contributed by atoms with van der Waals surface area (Å²) in [6.07, 6.45) is 1.61. The lowest BCUT2D eigenvalue weighted by molar-refractivity contribution is -0.0704. The van der Waals surface area contributed by atoms with Crippen molar-refractivity contribution in [2.75, 3.05) is 32.2 Å². The van der Waals surface area contributed by atoms with Gasteiger partial charge in [0.2, 0.25) is 0 Å². The number of hydrogen-bond acceptors (Lipinski definition) is 13. The van der Waals surface area contributed by atoms with Crippen LogP contribution in [0.2, 0.25) is 0 Å². The molecule has 2 atom stereocenters. The van der Waals surface area contributed by atoms with E-state index in [1.807, 2.05) is 13.8 Å². The molecule has 16 nitrogen and oxygen atoms in total. The van der Waals surface area contributed by atoms with Gasteiger partial charge in [-0.15, -0.1) is 9.78 Å².